The van der Waals surface area contributed by atoms with E-state index in [1.165, 1.54) is 0 Å². The predicted molar refractivity (Wildman–Crippen MR) is 65.4 cm³/mol. The van der Waals surface area contributed by atoms with Crippen molar-refractivity contribution in [2.24, 2.45) is 11.8 Å². The molecule has 1 aromatic heterocycles. The summed E-state index contributed by atoms with van der Waals surface area (Å²) in [6, 6.07) is 1.88. The molecule has 17 heavy (non-hydrogen) atoms. The lowest BCUT2D eigenvalue weighted by atomic mass is 9.91. The van der Waals surface area contributed by atoms with E-state index in [1.807, 2.05) is 16.9 Å². The highest BCUT2D eigenvalue weighted by atomic mass is 16.1. The highest BCUT2D eigenvalue weighted by Gasteiger charge is 2.24. The Kier molecular flexibility index (Phi) is 4.14. The number of hydrogen-bond acceptors (Lipinski definition) is 3. The van der Waals surface area contributed by atoms with Crippen LogP contribution in [0.5, 0.6) is 0 Å². The molecular formula is C12H20N4O. The lowest BCUT2D eigenvalue weighted by Gasteiger charge is -2.26. The van der Waals surface area contributed by atoms with Gasteiger partial charge in [0.2, 0.25) is 5.91 Å². The molecule has 1 amide bonds. The molecule has 0 saturated carbocycles. The van der Waals surface area contributed by atoms with Crippen LogP contribution in [-0.2, 0) is 11.3 Å². The summed E-state index contributed by atoms with van der Waals surface area (Å²) >= 11 is 0. The Labute approximate surface area is 102 Å². The van der Waals surface area contributed by atoms with Gasteiger partial charge in [0.15, 0.2) is 0 Å². The second kappa shape index (κ2) is 5.82. The van der Waals surface area contributed by atoms with Crippen LogP contribution in [0.25, 0.3) is 0 Å². The summed E-state index contributed by atoms with van der Waals surface area (Å²) in [5, 5.41) is 10.4. The molecule has 2 rings (SSSR count). The average molecular weight is 236 g/mol. The molecule has 1 fully saturated rings. The van der Waals surface area contributed by atoms with Crippen LogP contribution in [0.2, 0.25) is 0 Å². The number of amides is 1. The largest absolute Gasteiger partial charge is 0.354 e. The molecule has 1 saturated heterocycles. The van der Waals surface area contributed by atoms with E-state index in [9.17, 15) is 4.79 Å². The Morgan fingerprint density at radius 1 is 1.59 bits per heavy atom. The second-order valence-electron chi connectivity index (χ2n) is 4.76. The fourth-order valence-electron chi connectivity index (χ4n) is 2.23. The first-order valence-electron chi connectivity index (χ1n) is 6.21. The van der Waals surface area contributed by atoms with Gasteiger partial charge in [0.25, 0.3) is 0 Å². The van der Waals surface area contributed by atoms with Gasteiger partial charge in [-0.1, -0.05) is 6.92 Å². The zero-order valence-corrected chi connectivity index (χ0v) is 10.2. The van der Waals surface area contributed by atoms with Crippen LogP contribution in [0.3, 0.4) is 0 Å². The molecule has 2 heterocycles. The van der Waals surface area contributed by atoms with Crippen molar-refractivity contribution >= 4 is 5.91 Å². The van der Waals surface area contributed by atoms with E-state index in [1.54, 1.807) is 6.20 Å². The first-order valence-corrected chi connectivity index (χ1v) is 6.21. The second-order valence-corrected chi connectivity index (χ2v) is 4.76. The summed E-state index contributed by atoms with van der Waals surface area (Å²) in [6.45, 7) is 5.38. The third-order valence-electron chi connectivity index (χ3n) is 3.14. The Hall–Kier alpha value is -1.36. The van der Waals surface area contributed by atoms with E-state index in [2.05, 4.69) is 22.7 Å². The van der Waals surface area contributed by atoms with Gasteiger partial charge < -0.3 is 10.6 Å². The molecule has 2 N–H and O–H groups in total. The van der Waals surface area contributed by atoms with Crippen LogP contribution in [0.1, 0.15) is 13.3 Å². The fourth-order valence-corrected chi connectivity index (χ4v) is 2.23. The Morgan fingerprint density at radius 2 is 2.47 bits per heavy atom. The lowest BCUT2D eigenvalue weighted by molar-refractivity contribution is -0.125. The molecule has 94 valence electrons. The predicted octanol–water partition coefficient (Wildman–Crippen LogP) is 0.245. The van der Waals surface area contributed by atoms with E-state index in [4.69, 9.17) is 0 Å². The van der Waals surface area contributed by atoms with Crippen LogP contribution < -0.4 is 10.6 Å². The van der Waals surface area contributed by atoms with Crippen molar-refractivity contribution in [3.8, 4) is 0 Å². The van der Waals surface area contributed by atoms with Crippen LogP contribution in [0.15, 0.2) is 18.5 Å². The number of aromatic nitrogens is 2. The zero-order chi connectivity index (χ0) is 12.1. The number of carbonyl (C=O) groups excluding carboxylic acids is 1. The van der Waals surface area contributed by atoms with Crippen molar-refractivity contribution in [1.82, 2.24) is 20.4 Å². The maximum Gasteiger partial charge on any atom is 0.224 e. The normalized spacial score (nSPS) is 24.5. The molecule has 2 atom stereocenters. The molecule has 5 heteroatoms. The Bertz CT molecular complexity index is 349. The van der Waals surface area contributed by atoms with Gasteiger partial charge in [-0.3, -0.25) is 9.48 Å². The van der Waals surface area contributed by atoms with Crippen LogP contribution in [-0.4, -0.2) is 35.3 Å². The van der Waals surface area contributed by atoms with Crippen molar-refractivity contribution in [2.75, 3.05) is 19.6 Å². The molecule has 0 aromatic carbocycles. The minimum atomic E-state index is 0.122. The molecule has 2 unspecified atom stereocenters. The summed E-state index contributed by atoms with van der Waals surface area (Å²) in [7, 11) is 0. The quantitative estimate of drug-likeness (QED) is 0.787. The highest BCUT2D eigenvalue weighted by Crippen LogP contribution is 2.15. The van der Waals surface area contributed by atoms with E-state index >= 15 is 0 Å². The van der Waals surface area contributed by atoms with Gasteiger partial charge in [-0.2, -0.15) is 5.10 Å². The average Bonchev–Trinajstić information content (AvgIpc) is 2.82. The molecule has 1 aromatic rings. The SMILES string of the molecule is CC1CNCC(C(=O)NCCn2cccn2)C1. The third-order valence-corrected chi connectivity index (χ3v) is 3.14. The third kappa shape index (κ3) is 3.56. The van der Waals surface area contributed by atoms with Crippen molar-refractivity contribution in [2.45, 2.75) is 19.9 Å². The minimum absolute atomic E-state index is 0.122. The van der Waals surface area contributed by atoms with Crippen molar-refractivity contribution < 1.29 is 4.79 Å². The molecule has 0 bridgehead atoms. The number of carbonyl (C=O) groups is 1. The van der Waals surface area contributed by atoms with E-state index in [0.717, 1.165) is 26.1 Å². The maximum absolute atomic E-state index is 11.9. The molecule has 1 aliphatic rings. The lowest BCUT2D eigenvalue weighted by Crippen LogP contribution is -2.44. The number of nitrogens with one attached hydrogen (secondary N) is 2. The van der Waals surface area contributed by atoms with Gasteiger partial charge in [0.05, 0.1) is 12.5 Å². The van der Waals surface area contributed by atoms with E-state index in [0.29, 0.717) is 12.5 Å². The first kappa shape index (κ1) is 12.1. The van der Waals surface area contributed by atoms with Crippen LogP contribution >= 0.6 is 0 Å². The molecular weight excluding hydrogens is 216 g/mol. The Balaban J connectivity index is 1.70. The first-order chi connectivity index (χ1) is 8.25. The van der Waals surface area contributed by atoms with Crippen LogP contribution in [0, 0.1) is 11.8 Å². The summed E-state index contributed by atoms with van der Waals surface area (Å²) in [5.74, 6) is 0.873. The van der Waals surface area contributed by atoms with Gasteiger partial charge in [-0.25, -0.2) is 0 Å². The minimum Gasteiger partial charge on any atom is -0.354 e. The summed E-state index contributed by atoms with van der Waals surface area (Å²) in [4.78, 5) is 11.9. The summed E-state index contributed by atoms with van der Waals surface area (Å²) in [6.07, 6.45) is 4.63. The van der Waals surface area contributed by atoms with Gasteiger partial charge >= 0.3 is 0 Å². The molecule has 5 nitrogen and oxygen atoms in total. The van der Waals surface area contributed by atoms with E-state index in [-0.39, 0.29) is 11.8 Å². The van der Waals surface area contributed by atoms with Crippen LogP contribution in [0.4, 0.5) is 0 Å². The van der Waals surface area contributed by atoms with Gasteiger partial charge in [-0.15, -0.1) is 0 Å². The summed E-state index contributed by atoms with van der Waals surface area (Å²) < 4.78 is 1.82. The molecule has 0 spiro atoms. The van der Waals surface area contributed by atoms with Crippen molar-refractivity contribution in [1.29, 1.82) is 0 Å². The number of piperidine rings is 1. The standard InChI is InChI=1S/C12H20N4O/c1-10-7-11(9-13-8-10)12(17)14-4-6-16-5-2-3-15-16/h2-3,5,10-11,13H,4,6-9H2,1H3,(H,14,17). The van der Waals surface area contributed by atoms with Crippen molar-refractivity contribution in [3.05, 3.63) is 18.5 Å². The molecule has 0 aliphatic carbocycles. The summed E-state index contributed by atoms with van der Waals surface area (Å²) in [5.41, 5.74) is 0. The maximum atomic E-state index is 11.9. The smallest absolute Gasteiger partial charge is 0.224 e. The zero-order valence-electron chi connectivity index (χ0n) is 10.2. The topological polar surface area (TPSA) is 59.0 Å². The van der Waals surface area contributed by atoms with Gasteiger partial charge in [0.1, 0.15) is 0 Å². The number of nitrogens with zero attached hydrogens (tertiary/aromatic N) is 2. The molecule has 1 aliphatic heterocycles. The van der Waals surface area contributed by atoms with E-state index < -0.39 is 0 Å². The monoisotopic (exact) mass is 236 g/mol. The fraction of sp³-hybridized carbons (Fsp3) is 0.667. The van der Waals surface area contributed by atoms with Gasteiger partial charge in [-0.05, 0) is 24.9 Å². The van der Waals surface area contributed by atoms with Gasteiger partial charge in [0, 0.05) is 25.5 Å². The highest BCUT2D eigenvalue weighted by molar-refractivity contribution is 5.78. The number of rotatable bonds is 4. The Morgan fingerprint density at radius 3 is 3.18 bits per heavy atom. The number of hydrogen-bond donors (Lipinski definition) is 2. The molecule has 0 radical (unpaired) electrons. The van der Waals surface area contributed by atoms with Crippen molar-refractivity contribution in [3.63, 3.8) is 0 Å².